The molecule has 196 valence electrons. The van der Waals surface area contributed by atoms with E-state index in [0.717, 1.165) is 29.7 Å². The summed E-state index contributed by atoms with van der Waals surface area (Å²) in [7, 11) is 0. The molecule has 2 nitrogen and oxygen atoms in total. The average molecular weight is 646 g/mol. The first kappa shape index (κ1) is 29.4. The van der Waals surface area contributed by atoms with Gasteiger partial charge in [-0.2, -0.15) is 0 Å². The molecule has 0 radical (unpaired) electrons. The molecule has 0 aliphatic heterocycles. The monoisotopic (exact) mass is 643 g/mol. The second kappa shape index (κ2) is 15.9. The Balaban J connectivity index is 1.68. The van der Waals surface area contributed by atoms with Gasteiger partial charge in [-0.15, -0.1) is 22.7 Å². The predicted octanol–water partition coefficient (Wildman–Crippen LogP) is 11.7. The van der Waals surface area contributed by atoms with Crippen molar-refractivity contribution in [1.82, 2.24) is 4.57 Å². The number of halogens is 2. The third kappa shape index (κ3) is 8.97. The zero-order chi connectivity index (χ0) is 25.0. The van der Waals surface area contributed by atoms with E-state index in [-0.39, 0.29) is 5.56 Å². The molecule has 35 heavy (non-hydrogen) atoms. The quantitative estimate of drug-likeness (QED) is 0.126. The van der Waals surface area contributed by atoms with Crippen LogP contribution in [0.4, 0.5) is 0 Å². The van der Waals surface area contributed by atoms with Gasteiger partial charge < -0.3 is 4.57 Å². The first-order chi connectivity index (χ1) is 17.0. The molecule has 0 N–H and O–H groups in total. The summed E-state index contributed by atoms with van der Waals surface area (Å²) < 4.78 is 6.61. The zero-order valence-corrected chi connectivity index (χ0v) is 26.5. The summed E-state index contributed by atoms with van der Waals surface area (Å²) >= 11 is 10.7. The zero-order valence-electron chi connectivity index (χ0n) is 21.7. The van der Waals surface area contributed by atoms with Crippen molar-refractivity contribution in [2.24, 2.45) is 5.92 Å². The fraction of sp³-hybridized carbons (Fsp3) is 0.690. The van der Waals surface area contributed by atoms with Crippen LogP contribution in [0.25, 0.3) is 20.3 Å². The Morgan fingerprint density at radius 2 is 1.20 bits per heavy atom. The van der Waals surface area contributed by atoms with Gasteiger partial charge in [0.25, 0.3) is 5.56 Å². The second-order valence-electron chi connectivity index (χ2n) is 10.2. The number of hydrogen-bond donors (Lipinski definition) is 0. The number of rotatable bonds is 18. The average Bonchev–Trinajstić information content (AvgIpc) is 3.42. The molecule has 0 amide bonds. The van der Waals surface area contributed by atoms with Crippen LogP contribution in [0.3, 0.4) is 0 Å². The van der Waals surface area contributed by atoms with Crippen LogP contribution in [-0.4, -0.2) is 4.57 Å². The Labute approximate surface area is 237 Å². The summed E-state index contributed by atoms with van der Waals surface area (Å²) in [6, 6.07) is 4.18. The number of fused-ring (bicyclic) bond motifs is 3. The fourth-order valence-electron chi connectivity index (χ4n) is 5.21. The van der Waals surface area contributed by atoms with Crippen molar-refractivity contribution >= 4 is 74.8 Å². The molecule has 3 heterocycles. The molecule has 0 saturated carbocycles. The number of aromatic nitrogens is 1. The third-order valence-electron chi connectivity index (χ3n) is 7.23. The van der Waals surface area contributed by atoms with Crippen molar-refractivity contribution in [2.45, 2.75) is 123 Å². The van der Waals surface area contributed by atoms with Gasteiger partial charge in [-0.05, 0) is 62.8 Å². The smallest absolute Gasteiger partial charge is 0.259 e. The SMILES string of the molecule is CCCCCCCCCCC(CCCCCCCC)Cn1c(=O)c2cc(Br)sc2c2sc(Br)cc21. The number of unbranched alkanes of at least 4 members (excludes halogenated alkanes) is 12. The molecule has 3 aromatic heterocycles. The molecule has 1 unspecified atom stereocenters. The standard InChI is InChI=1S/C29H43Br2NOS2/c1-3-5-7-9-11-12-14-16-18-22(17-15-13-10-8-6-4-2)21-32-24-20-26(31)35-28(24)27-23(29(32)33)19-25(30)34-27/h19-20,22H,3-18,21H2,1-2H3. The van der Waals surface area contributed by atoms with Crippen molar-refractivity contribution in [3.05, 3.63) is 30.1 Å². The van der Waals surface area contributed by atoms with Crippen LogP contribution in [0.2, 0.25) is 0 Å². The van der Waals surface area contributed by atoms with Crippen molar-refractivity contribution < 1.29 is 0 Å². The second-order valence-corrected chi connectivity index (χ2v) is 15.0. The molecular weight excluding hydrogens is 602 g/mol. The van der Waals surface area contributed by atoms with Crippen LogP contribution in [0, 0.1) is 5.92 Å². The van der Waals surface area contributed by atoms with Crippen LogP contribution in [0.5, 0.6) is 0 Å². The van der Waals surface area contributed by atoms with Crippen molar-refractivity contribution in [3.8, 4) is 0 Å². The first-order valence-corrected chi connectivity index (χ1v) is 17.2. The maximum atomic E-state index is 13.6. The summed E-state index contributed by atoms with van der Waals surface area (Å²) in [5, 5.41) is 0.870. The molecule has 0 saturated heterocycles. The number of pyridine rings is 1. The van der Waals surface area contributed by atoms with E-state index in [2.05, 4.69) is 56.3 Å². The van der Waals surface area contributed by atoms with E-state index in [0.29, 0.717) is 5.92 Å². The van der Waals surface area contributed by atoms with Gasteiger partial charge in [0, 0.05) is 6.54 Å². The number of thiophene rings is 2. The molecule has 0 fully saturated rings. The Morgan fingerprint density at radius 1 is 0.714 bits per heavy atom. The predicted molar refractivity (Wildman–Crippen MR) is 166 cm³/mol. The van der Waals surface area contributed by atoms with E-state index in [1.54, 1.807) is 22.7 Å². The lowest BCUT2D eigenvalue weighted by Crippen LogP contribution is -2.24. The maximum absolute atomic E-state index is 13.6. The van der Waals surface area contributed by atoms with E-state index in [1.807, 2.05) is 6.07 Å². The van der Waals surface area contributed by atoms with Gasteiger partial charge in [0.2, 0.25) is 0 Å². The van der Waals surface area contributed by atoms with E-state index in [4.69, 9.17) is 0 Å². The molecule has 0 aromatic carbocycles. The number of nitrogens with zero attached hydrogens (tertiary/aromatic N) is 1. The summed E-state index contributed by atoms with van der Waals surface area (Å²) in [6.45, 7) is 5.42. The van der Waals surface area contributed by atoms with Crippen molar-refractivity contribution in [2.75, 3.05) is 0 Å². The van der Waals surface area contributed by atoms with E-state index in [1.165, 1.54) is 107 Å². The molecule has 0 bridgehead atoms. The molecule has 0 aliphatic rings. The molecule has 3 rings (SSSR count). The highest BCUT2D eigenvalue weighted by Crippen LogP contribution is 2.39. The molecule has 6 heteroatoms. The molecule has 1 atom stereocenters. The van der Waals surface area contributed by atoms with Gasteiger partial charge in [-0.3, -0.25) is 4.79 Å². The minimum Gasteiger partial charge on any atom is -0.306 e. The minimum atomic E-state index is 0.184. The summed E-state index contributed by atoms with van der Waals surface area (Å²) in [6.07, 6.45) is 21.4. The lowest BCUT2D eigenvalue weighted by Gasteiger charge is -2.19. The van der Waals surface area contributed by atoms with E-state index in [9.17, 15) is 4.79 Å². The molecule has 0 spiro atoms. The van der Waals surface area contributed by atoms with E-state index < -0.39 is 0 Å². The topological polar surface area (TPSA) is 22.0 Å². The maximum Gasteiger partial charge on any atom is 0.259 e. The van der Waals surface area contributed by atoms with Crippen LogP contribution in [0.15, 0.2) is 24.5 Å². The minimum absolute atomic E-state index is 0.184. The summed E-state index contributed by atoms with van der Waals surface area (Å²) in [5.74, 6) is 0.584. The van der Waals surface area contributed by atoms with Gasteiger partial charge in [-0.25, -0.2) is 0 Å². The molecule has 0 aliphatic carbocycles. The normalized spacial score (nSPS) is 12.8. The molecular formula is C29H43Br2NOS2. The van der Waals surface area contributed by atoms with Gasteiger partial charge in [0.15, 0.2) is 0 Å². The highest BCUT2D eigenvalue weighted by atomic mass is 79.9. The lowest BCUT2D eigenvalue weighted by atomic mass is 9.93. The Bertz CT molecular complexity index is 1080. The van der Waals surface area contributed by atoms with Gasteiger partial charge in [0.05, 0.1) is 27.9 Å². The van der Waals surface area contributed by atoms with E-state index >= 15 is 0 Å². The van der Waals surface area contributed by atoms with Gasteiger partial charge >= 0.3 is 0 Å². The Morgan fingerprint density at radius 3 is 1.77 bits per heavy atom. The van der Waals surface area contributed by atoms with Gasteiger partial charge in [0.1, 0.15) is 0 Å². The lowest BCUT2D eigenvalue weighted by molar-refractivity contribution is 0.358. The Kier molecular flexibility index (Phi) is 13.4. The van der Waals surface area contributed by atoms with Crippen LogP contribution < -0.4 is 5.56 Å². The molecule has 3 aromatic rings. The van der Waals surface area contributed by atoms with Crippen LogP contribution in [-0.2, 0) is 6.54 Å². The highest BCUT2D eigenvalue weighted by Gasteiger charge is 2.19. The Hall–Kier alpha value is -0.170. The third-order valence-corrected chi connectivity index (χ3v) is 10.7. The first-order valence-electron chi connectivity index (χ1n) is 14.0. The summed E-state index contributed by atoms with van der Waals surface area (Å²) in [4.78, 5) is 13.6. The van der Waals surface area contributed by atoms with Gasteiger partial charge in [-0.1, -0.05) is 104 Å². The largest absolute Gasteiger partial charge is 0.306 e. The highest BCUT2D eigenvalue weighted by molar-refractivity contribution is 9.11. The number of hydrogen-bond acceptors (Lipinski definition) is 3. The van der Waals surface area contributed by atoms with Crippen molar-refractivity contribution in [3.63, 3.8) is 0 Å². The summed E-state index contributed by atoms with van der Waals surface area (Å²) in [5.41, 5.74) is 1.29. The fourth-order valence-corrected chi connectivity index (χ4v) is 8.54. The van der Waals surface area contributed by atoms with Crippen LogP contribution in [0.1, 0.15) is 117 Å². The van der Waals surface area contributed by atoms with Crippen molar-refractivity contribution in [1.29, 1.82) is 0 Å². The van der Waals surface area contributed by atoms with Crippen LogP contribution >= 0.6 is 54.5 Å².